The van der Waals surface area contributed by atoms with Crippen LogP contribution in [0.5, 0.6) is 0 Å². The maximum Gasteiger partial charge on any atom is 0.191 e. The molecular weight excluding hydrogens is 411 g/mol. The number of rotatable bonds is 5. The van der Waals surface area contributed by atoms with Crippen LogP contribution in [0.25, 0.3) is 0 Å². The lowest BCUT2D eigenvalue weighted by molar-refractivity contribution is -0.00501. The van der Waals surface area contributed by atoms with E-state index in [0.717, 1.165) is 45.1 Å². The smallest absolute Gasteiger partial charge is 0.191 e. The molecular formula is C15H27IN4OS. The lowest BCUT2D eigenvalue weighted by Crippen LogP contribution is -2.57. The van der Waals surface area contributed by atoms with Crippen molar-refractivity contribution in [3.8, 4) is 0 Å². The molecule has 1 fully saturated rings. The molecule has 0 atom stereocenters. The summed E-state index contributed by atoms with van der Waals surface area (Å²) < 4.78 is 5.51. The van der Waals surface area contributed by atoms with E-state index >= 15 is 0 Å². The number of aliphatic imine (C=N–C) groups is 1. The molecule has 0 aromatic carbocycles. The summed E-state index contributed by atoms with van der Waals surface area (Å²) in [4.78, 5) is 7.94. The Balaban J connectivity index is 0.00000242. The van der Waals surface area contributed by atoms with Crippen LogP contribution < -0.4 is 10.6 Å². The third-order valence-corrected chi connectivity index (χ3v) is 5.07. The van der Waals surface area contributed by atoms with Crippen molar-refractivity contribution in [2.24, 2.45) is 4.99 Å². The van der Waals surface area contributed by atoms with Crippen molar-refractivity contribution in [1.82, 2.24) is 15.5 Å². The molecule has 0 unspecified atom stereocenters. The summed E-state index contributed by atoms with van der Waals surface area (Å²) in [6.45, 7) is 3.37. The minimum Gasteiger partial charge on any atom is -0.381 e. The van der Waals surface area contributed by atoms with Gasteiger partial charge in [0.15, 0.2) is 5.96 Å². The summed E-state index contributed by atoms with van der Waals surface area (Å²) in [6, 6.07) is 4.20. The van der Waals surface area contributed by atoms with Gasteiger partial charge >= 0.3 is 0 Å². The average Bonchev–Trinajstić information content (AvgIpc) is 3.01. The van der Waals surface area contributed by atoms with Crippen molar-refractivity contribution in [3.05, 3.63) is 22.4 Å². The minimum absolute atomic E-state index is 0. The lowest BCUT2D eigenvalue weighted by atomic mass is 9.88. The minimum atomic E-state index is 0. The maximum atomic E-state index is 5.51. The molecule has 22 heavy (non-hydrogen) atoms. The molecule has 1 aromatic rings. The third-order valence-electron chi connectivity index (χ3n) is 4.19. The SMILES string of the molecule is CN=C(NCc1cccs1)NCC1(N(C)C)CCOCC1.I. The quantitative estimate of drug-likeness (QED) is 0.420. The van der Waals surface area contributed by atoms with E-state index in [9.17, 15) is 0 Å². The van der Waals surface area contributed by atoms with Crippen LogP contribution in [0.1, 0.15) is 17.7 Å². The molecule has 1 saturated heterocycles. The van der Waals surface area contributed by atoms with Gasteiger partial charge in [-0.15, -0.1) is 35.3 Å². The fraction of sp³-hybridized carbons (Fsp3) is 0.667. The molecule has 0 bridgehead atoms. The van der Waals surface area contributed by atoms with Crippen molar-refractivity contribution < 1.29 is 4.74 Å². The Morgan fingerprint density at radius 3 is 2.64 bits per heavy atom. The van der Waals surface area contributed by atoms with Crippen LogP contribution in [0.2, 0.25) is 0 Å². The van der Waals surface area contributed by atoms with Gasteiger partial charge in [-0.05, 0) is 38.4 Å². The maximum absolute atomic E-state index is 5.51. The largest absolute Gasteiger partial charge is 0.381 e. The molecule has 1 aliphatic heterocycles. The summed E-state index contributed by atoms with van der Waals surface area (Å²) in [5.74, 6) is 0.858. The standard InChI is InChI=1S/C15H26N4OS.HI/c1-16-14(17-11-13-5-4-10-21-13)18-12-15(19(2)3)6-8-20-9-7-15;/h4-5,10H,6-9,11-12H2,1-3H3,(H2,16,17,18);1H. The van der Waals surface area contributed by atoms with Gasteiger partial charge in [-0.1, -0.05) is 6.07 Å². The van der Waals surface area contributed by atoms with E-state index in [4.69, 9.17) is 4.74 Å². The van der Waals surface area contributed by atoms with Gasteiger partial charge in [0.1, 0.15) is 0 Å². The number of nitrogens with zero attached hydrogens (tertiary/aromatic N) is 2. The fourth-order valence-corrected chi connectivity index (χ4v) is 3.23. The van der Waals surface area contributed by atoms with Crippen LogP contribution in [-0.2, 0) is 11.3 Å². The van der Waals surface area contributed by atoms with Crippen LogP contribution in [0.15, 0.2) is 22.5 Å². The number of hydrogen-bond donors (Lipinski definition) is 2. The average molecular weight is 438 g/mol. The molecule has 0 saturated carbocycles. The first-order valence-electron chi connectivity index (χ1n) is 7.38. The predicted octanol–water partition coefficient (Wildman–Crippen LogP) is 2.14. The zero-order valence-electron chi connectivity index (χ0n) is 13.6. The highest BCUT2D eigenvalue weighted by molar-refractivity contribution is 14.0. The van der Waals surface area contributed by atoms with Crippen LogP contribution in [0.3, 0.4) is 0 Å². The van der Waals surface area contributed by atoms with Crippen LogP contribution in [-0.4, -0.2) is 57.3 Å². The third kappa shape index (κ3) is 5.36. The van der Waals surface area contributed by atoms with Gasteiger partial charge < -0.3 is 20.3 Å². The van der Waals surface area contributed by atoms with E-state index in [1.165, 1.54) is 4.88 Å². The monoisotopic (exact) mass is 438 g/mol. The molecule has 1 aromatic heterocycles. The first kappa shape index (κ1) is 19.7. The molecule has 0 aliphatic carbocycles. The Bertz CT molecular complexity index is 444. The van der Waals surface area contributed by atoms with E-state index in [0.29, 0.717) is 0 Å². The van der Waals surface area contributed by atoms with Crippen LogP contribution in [0.4, 0.5) is 0 Å². The van der Waals surface area contributed by atoms with Crippen molar-refractivity contribution in [2.45, 2.75) is 24.9 Å². The second kappa shape index (κ2) is 9.69. The van der Waals surface area contributed by atoms with Gasteiger partial charge in [-0.25, -0.2) is 0 Å². The molecule has 2 N–H and O–H groups in total. The molecule has 1 aliphatic rings. The molecule has 2 heterocycles. The normalized spacial score (nSPS) is 17.9. The Morgan fingerprint density at radius 2 is 2.09 bits per heavy atom. The van der Waals surface area contributed by atoms with E-state index in [1.807, 2.05) is 7.05 Å². The zero-order chi connectivity index (χ0) is 15.1. The van der Waals surface area contributed by atoms with Gasteiger partial charge in [-0.2, -0.15) is 0 Å². The van der Waals surface area contributed by atoms with Gasteiger partial charge in [-0.3, -0.25) is 4.99 Å². The lowest BCUT2D eigenvalue weighted by Gasteiger charge is -2.43. The van der Waals surface area contributed by atoms with E-state index in [1.54, 1.807) is 11.3 Å². The second-order valence-electron chi connectivity index (χ2n) is 5.59. The fourth-order valence-electron chi connectivity index (χ4n) is 2.59. The second-order valence-corrected chi connectivity index (χ2v) is 6.62. The number of hydrogen-bond acceptors (Lipinski definition) is 4. The van der Waals surface area contributed by atoms with Crippen LogP contribution >= 0.6 is 35.3 Å². The zero-order valence-corrected chi connectivity index (χ0v) is 16.7. The highest BCUT2D eigenvalue weighted by atomic mass is 127. The summed E-state index contributed by atoms with van der Waals surface area (Å²) in [5.41, 5.74) is 0.152. The number of likely N-dealkylation sites (N-methyl/N-ethyl adjacent to an activating group) is 1. The molecule has 0 radical (unpaired) electrons. The highest BCUT2D eigenvalue weighted by Gasteiger charge is 2.34. The summed E-state index contributed by atoms with van der Waals surface area (Å²) >= 11 is 1.76. The van der Waals surface area contributed by atoms with Gasteiger partial charge in [0.05, 0.1) is 6.54 Å². The number of guanidine groups is 1. The van der Waals surface area contributed by atoms with Crippen molar-refractivity contribution in [1.29, 1.82) is 0 Å². The molecule has 0 amide bonds. The number of nitrogens with one attached hydrogen (secondary N) is 2. The van der Waals surface area contributed by atoms with Crippen molar-refractivity contribution >= 4 is 41.3 Å². The summed E-state index contributed by atoms with van der Waals surface area (Å²) in [6.07, 6.45) is 2.10. The van der Waals surface area contributed by atoms with Crippen LogP contribution in [0, 0.1) is 0 Å². The van der Waals surface area contributed by atoms with Gasteiger partial charge in [0.2, 0.25) is 0 Å². The summed E-state index contributed by atoms with van der Waals surface area (Å²) in [7, 11) is 6.11. The topological polar surface area (TPSA) is 48.9 Å². The number of thiophene rings is 1. The first-order valence-corrected chi connectivity index (χ1v) is 8.26. The molecule has 5 nitrogen and oxygen atoms in total. The molecule has 7 heteroatoms. The van der Waals surface area contributed by atoms with E-state index in [-0.39, 0.29) is 29.5 Å². The number of halogens is 1. The first-order chi connectivity index (χ1) is 10.2. The van der Waals surface area contributed by atoms with Crippen molar-refractivity contribution in [3.63, 3.8) is 0 Å². The Kier molecular flexibility index (Phi) is 8.66. The Hall–Kier alpha value is -0.380. The van der Waals surface area contributed by atoms with E-state index < -0.39 is 0 Å². The highest BCUT2D eigenvalue weighted by Crippen LogP contribution is 2.24. The summed E-state index contributed by atoms with van der Waals surface area (Å²) in [5, 5.41) is 8.93. The number of ether oxygens (including phenoxy) is 1. The van der Waals surface area contributed by atoms with Gasteiger partial charge in [0, 0.05) is 37.2 Å². The molecule has 2 rings (SSSR count). The Labute approximate surface area is 154 Å². The predicted molar refractivity (Wildman–Crippen MR) is 104 cm³/mol. The molecule has 0 spiro atoms. The molecule has 126 valence electrons. The van der Waals surface area contributed by atoms with Gasteiger partial charge in [0.25, 0.3) is 0 Å². The Morgan fingerprint density at radius 1 is 1.36 bits per heavy atom. The van der Waals surface area contributed by atoms with E-state index in [2.05, 4.69) is 52.1 Å². The van der Waals surface area contributed by atoms with Crippen molar-refractivity contribution in [2.75, 3.05) is 40.9 Å².